The number of nitrogens with zero attached hydrogens (tertiary/aromatic N) is 8. The second-order valence-electron chi connectivity index (χ2n) is 20.6. The first-order valence-electron chi connectivity index (χ1n) is 27.2. The first-order chi connectivity index (χ1) is 41.4. The van der Waals surface area contributed by atoms with Crippen molar-refractivity contribution in [2.75, 3.05) is 79.9 Å². The summed E-state index contributed by atoms with van der Waals surface area (Å²) < 4.78 is 85.8. The summed E-state index contributed by atoms with van der Waals surface area (Å²) in [5, 5.41) is 30.2. The third-order valence-electron chi connectivity index (χ3n) is 12.4. The number of aliphatic carboxylic acids is 1. The normalized spacial score (nSPS) is 11.3. The van der Waals surface area contributed by atoms with Crippen LogP contribution in [0.1, 0.15) is 24.0 Å². The smallest absolute Gasteiger partial charge is 0.870 e. The predicted octanol–water partition coefficient (Wildman–Crippen LogP) is 6.09. The second kappa shape index (κ2) is 34.0. The summed E-state index contributed by atoms with van der Waals surface area (Å²) in [5.74, 6) is -1.62. The number of hydrogen-bond acceptors (Lipinski definition) is 21. The zero-order valence-electron chi connectivity index (χ0n) is 52.1. The summed E-state index contributed by atoms with van der Waals surface area (Å²) in [6.07, 6.45) is 3.58. The van der Waals surface area contributed by atoms with Crippen molar-refractivity contribution < 1.29 is 83.7 Å². The molecule has 0 aliphatic carbocycles. The van der Waals surface area contributed by atoms with Crippen molar-refractivity contribution in [3.8, 4) is 63.0 Å². The topological polar surface area (TPSA) is 302 Å². The Bertz CT molecular complexity index is 4220. The van der Waals surface area contributed by atoms with Crippen molar-refractivity contribution in [2.45, 2.75) is 62.0 Å². The van der Waals surface area contributed by atoms with Crippen LogP contribution in [0.15, 0.2) is 142 Å². The Hall–Kier alpha value is -6.91. The number of hydrogen-bond donors (Lipinski definition) is 2. The summed E-state index contributed by atoms with van der Waals surface area (Å²) in [7, 11) is -2.11. The average molecular weight is 1340 g/mol. The standard InChI is InChI=1S/C21H25N3O4S2.C19H20N2O4S2.C17H16N2O4S2.C4H11NO.Li.H2O/c1-15-12-18(24(22-15)14-21(25)28-11-10-23(2)3)20-9-8-19(29-20)16-6-5-7-17(13-16)30(4,26)27;1-4-25-19(22)12-21-16(10-13(2)20-21)18-9-8-17(26-18)14-6-5-7-15(11-14)27(3,23)24;1-11-8-14(19(18-11)10-17(20)21)16-7-6-15(24-16)12-4-3-5-13(9-12)25(2,22)23;1-5(2)3-4-6;;/h5-9,12-13H,10-11,14H2,1-4H3;5-11H,4,12H2,1-3H3;3-9H,10H2,1-2H3,(H,20,21);6H,3-4H2,1-2H3;;1H2/q;;;;+1;/p-1. The molecule has 29 heteroatoms. The first-order valence-corrected chi connectivity index (χ1v) is 35.3. The summed E-state index contributed by atoms with van der Waals surface area (Å²) in [6, 6.07) is 37.8. The molecule has 0 saturated carbocycles. The molecule has 90 heavy (non-hydrogen) atoms. The van der Waals surface area contributed by atoms with Gasteiger partial charge in [-0.1, -0.05) is 36.4 Å². The Morgan fingerprint density at radius 1 is 0.489 bits per heavy atom. The molecule has 0 bridgehead atoms. The Labute approximate surface area is 549 Å². The van der Waals surface area contributed by atoms with Crippen molar-refractivity contribution in [1.29, 1.82) is 0 Å². The molecule has 0 atom stereocenters. The van der Waals surface area contributed by atoms with Crippen molar-refractivity contribution in [1.82, 2.24) is 39.1 Å². The third kappa shape index (κ3) is 22.5. The number of aliphatic hydroxyl groups is 1. The van der Waals surface area contributed by atoms with Gasteiger partial charge in [0.25, 0.3) is 0 Å². The molecule has 0 amide bonds. The number of carboxylic acids is 1. The SMILES string of the molecule is CCOC(=O)Cn1nc(C)cc1-c1ccc(-c2cccc(S(C)(=O)=O)c2)s1.CN(C)CCO.Cc1cc(-c2ccc(-c3cccc(S(C)(=O)=O)c3)s2)n(CC(=O)O)n1.Cc1cc(-c2ccc(-c3cccc(S(C)(=O)=O)c3)s2)n(CC(=O)OCCN(C)C)n1.[Li+].[OH-]. The van der Waals surface area contributed by atoms with E-state index < -0.39 is 35.5 Å². The van der Waals surface area contributed by atoms with Crippen LogP contribution < -0.4 is 18.9 Å². The van der Waals surface area contributed by atoms with Crippen LogP contribution in [0.25, 0.3) is 63.0 Å². The zero-order chi connectivity index (χ0) is 64.7. The van der Waals surface area contributed by atoms with Crippen LogP contribution >= 0.6 is 34.0 Å². The molecule has 478 valence electrons. The van der Waals surface area contributed by atoms with Gasteiger partial charge in [-0.25, -0.2) is 25.3 Å². The number of rotatable bonds is 21. The number of benzene rings is 3. The van der Waals surface area contributed by atoms with E-state index in [2.05, 4.69) is 15.3 Å². The van der Waals surface area contributed by atoms with Crippen molar-refractivity contribution >= 4 is 81.4 Å². The van der Waals surface area contributed by atoms with E-state index in [1.54, 1.807) is 70.9 Å². The summed E-state index contributed by atoms with van der Waals surface area (Å²) >= 11 is 4.50. The van der Waals surface area contributed by atoms with Gasteiger partial charge in [0.15, 0.2) is 29.5 Å². The second-order valence-corrected chi connectivity index (χ2v) is 29.9. The molecule has 0 aliphatic rings. The Morgan fingerprint density at radius 3 is 1.08 bits per heavy atom. The van der Waals surface area contributed by atoms with Gasteiger partial charge < -0.3 is 35.0 Å². The van der Waals surface area contributed by atoms with Gasteiger partial charge in [-0.05, 0) is 164 Å². The zero-order valence-corrected chi connectivity index (χ0v) is 57.0. The molecule has 9 rings (SSSR count). The van der Waals surface area contributed by atoms with Crippen LogP contribution in [-0.2, 0) is 73.0 Å². The van der Waals surface area contributed by atoms with Crippen LogP contribution in [0, 0.1) is 20.8 Å². The fourth-order valence-corrected chi connectivity index (χ4v) is 13.4. The molecule has 0 spiro atoms. The molecule has 0 saturated heterocycles. The van der Waals surface area contributed by atoms with Crippen molar-refractivity contribution in [2.24, 2.45) is 0 Å². The molecule has 3 N–H and O–H groups in total. The molecular formula is C61H73LiN8O14S6. The Balaban J connectivity index is 0.000000273. The number of likely N-dealkylation sites (N-methyl/N-ethyl adjacent to an activating group) is 2. The van der Waals surface area contributed by atoms with E-state index in [1.165, 1.54) is 57.5 Å². The van der Waals surface area contributed by atoms with Gasteiger partial charge in [0.1, 0.15) is 26.2 Å². The number of sulfone groups is 3. The predicted molar refractivity (Wildman–Crippen MR) is 348 cm³/mol. The fourth-order valence-electron chi connectivity index (χ4n) is 8.29. The Kier molecular flexibility index (Phi) is 28.5. The fraction of sp³-hybridized carbons (Fsp3) is 0.311. The molecule has 0 aliphatic heterocycles. The van der Waals surface area contributed by atoms with E-state index in [0.717, 1.165) is 86.7 Å². The van der Waals surface area contributed by atoms with Crippen LogP contribution in [0.5, 0.6) is 0 Å². The quantitative estimate of drug-likeness (QED) is 0.0607. The number of ether oxygens (including phenoxy) is 2. The number of esters is 2. The van der Waals surface area contributed by atoms with Gasteiger partial charge in [0.2, 0.25) is 0 Å². The number of carbonyl (C=O) groups excluding carboxylic acids is 2. The first kappa shape index (κ1) is 75.5. The van der Waals surface area contributed by atoms with Crippen molar-refractivity contribution in [3.63, 3.8) is 0 Å². The van der Waals surface area contributed by atoms with Crippen LogP contribution in [0.3, 0.4) is 0 Å². The number of carboxylic acid groups (broad SMARTS) is 1. The average Bonchev–Trinajstić information content (AvgIpc) is 3.00. The molecule has 9 aromatic rings. The molecule has 3 aromatic carbocycles. The van der Waals surface area contributed by atoms with Gasteiger partial charge >= 0.3 is 36.8 Å². The van der Waals surface area contributed by atoms with Gasteiger partial charge in [-0.3, -0.25) is 28.4 Å². The molecule has 6 heterocycles. The summed E-state index contributed by atoms with van der Waals surface area (Å²) in [4.78, 5) is 45.3. The minimum absolute atomic E-state index is 0. The number of aromatic nitrogens is 6. The maximum Gasteiger partial charge on any atom is 1.00 e. The summed E-state index contributed by atoms with van der Waals surface area (Å²) in [5.41, 5.74) is 7.22. The minimum atomic E-state index is -3.27. The number of thiophene rings is 3. The third-order valence-corrected chi connectivity index (χ3v) is 19.2. The van der Waals surface area contributed by atoms with E-state index in [4.69, 9.17) is 19.7 Å². The van der Waals surface area contributed by atoms with Crippen LogP contribution in [0.4, 0.5) is 0 Å². The largest absolute Gasteiger partial charge is 1.00 e. The van der Waals surface area contributed by atoms with Crippen molar-refractivity contribution in [3.05, 3.63) is 144 Å². The van der Waals surface area contributed by atoms with Crippen LogP contribution in [-0.4, -0.2) is 178 Å². The molecular weight excluding hydrogens is 1270 g/mol. The van der Waals surface area contributed by atoms with E-state index in [9.17, 15) is 39.6 Å². The number of carbonyl (C=O) groups is 3. The molecule has 22 nitrogen and oxygen atoms in total. The van der Waals surface area contributed by atoms with Gasteiger partial charge in [-0.15, -0.1) is 34.0 Å². The number of aliphatic hydroxyl groups excluding tert-OH is 1. The minimum Gasteiger partial charge on any atom is -0.870 e. The van der Waals surface area contributed by atoms with E-state index in [0.29, 0.717) is 19.8 Å². The monoisotopic (exact) mass is 1340 g/mol. The molecule has 0 unspecified atom stereocenters. The van der Waals surface area contributed by atoms with Crippen LogP contribution in [0.2, 0.25) is 0 Å². The molecule has 0 radical (unpaired) electrons. The van der Waals surface area contributed by atoms with Gasteiger partial charge in [0.05, 0.1) is 76.7 Å². The maximum atomic E-state index is 12.2. The van der Waals surface area contributed by atoms with Gasteiger partial charge in [-0.2, -0.15) is 15.3 Å². The number of aryl methyl sites for hydroxylation is 3. The summed E-state index contributed by atoms with van der Waals surface area (Å²) in [6.45, 7) is 9.55. The molecule has 0 fully saturated rings. The van der Waals surface area contributed by atoms with E-state index in [1.807, 2.05) is 132 Å². The Morgan fingerprint density at radius 2 is 0.800 bits per heavy atom. The molecule has 6 aromatic heterocycles. The maximum absolute atomic E-state index is 12.2. The van der Waals surface area contributed by atoms with E-state index >= 15 is 0 Å². The van der Waals surface area contributed by atoms with Gasteiger partial charge in [0, 0.05) is 46.5 Å². The van der Waals surface area contributed by atoms with E-state index in [-0.39, 0.29) is 77.2 Å².